The molecule has 8 heteroatoms. The number of amides is 1. The summed E-state index contributed by atoms with van der Waals surface area (Å²) in [5.74, 6) is 1.65. The minimum atomic E-state index is -0.0891. The Kier molecular flexibility index (Phi) is 4.63. The molecule has 1 aliphatic carbocycles. The van der Waals surface area contributed by atoms with Gasteiger partial charge in [0.25, 0.3) is 5.91 Å². The third-order valence-electron chi connectivity index (χ3n) is 5.60. The molecule has 29 heavy (non-hydrogen) atoms. The number of rotatable bonds is 6. The summed E-state index contributed by atoms with van der Waals surface area (Å²) in [7, 11) is 0. The number of ether oxygens (including phenoxy) is 1. The van der Waals surface area contributed by atoms with Gasteiger partial charge in [0.05, 0.1) is 31.0 Å². The van der Waals surface area contributed by atoms with E-state index in [0.29, 0.717) is 23.2 Å². The molecule has 1 amide bonds. The number of aryl methyl sites for hydroxylation is 2. The van der Waals surface area contributed by atoms with Crippen LogP contribution >= 0.6 is 0 Å². The third kappa shape index (κ3) is 3.55. The first kappa shape index (κ1) is 18.1. The minimum absolute atomic E-state index is 0.00593. The van der Waals surface area contributed by atoms with Gasteiger partial charge in [-0.1, -0.05) is 24.2 Å². The lowest BCUT2D eigenvalue weighted by atomic mass is 10.0. The Morgan fingerprint density at radius 1 is 1.34 bits per heavy atom. The molecule has 0 bridgehead atoms. The highest BCUT2D eigenvalue weighted by atomic mass is 16.5. The summed E-state index contributed by atoms with van der Waals surface area (Å²) >= 11 is 0. The first-order valence-electron chi connectivity index (χ1n) is 10.1. The lowest BCUT2D eigenvalue weighted by Gasteiger charge is -2.25. The minimum Gasteiger partial charge on any atom is -0.381 e. The van der Waals surface area contributed by atoms with E-state index in [-0.39, 0.29) is 11.9 Å². The molecule has 3 aromatic rings. The molecule has 5 rings (SSSR count). The zero-order valence-electron chi connectivity index (χ0n) is 16.3. The monoisotopic (exact) mass is 393 g/mol. The first-order chi connectivity index (χ1) is 14.2. The second-order valence-corrected chi connectivity index (χ2v) is 7.70. The molecule has 0 spiro atoms. The summed E-state index contributed by atoms with van der Waals surface area (Å²) in [4.78, 5) is 17.1. The van der Waals surface area contributed by atoms with Crippen molar-refractivity contribution < 1.29 is 14.1 Å². The number of aromatic nitrogens is 4. The molecule has 1 aromatic carbocycles. The largest absolute Gasteiger partial charge is 0.381 e. The summed E-state index contributed by atoms with van der Waals surface area (Å²) in [6, 6.07) is 6.16. The number of fused-ring (bicyclic) bond motifs is 1. The molecule has 1 fully saturated rings. The number of nitrogens with zero attached hydrogens (tertiary/aromatic N) is 4. The Labute approximate surface area is 168 Å². The zero-order valence-corrected chi connectivity index (χ0v) is 16.3. The predicted molar refractivity (Wildman–Crippen MR) is 104 cm³/mol. The molecule has 0 radical (unpaired) electrons. The fraction of sp³-hybridized carbons (Fsp3) is 0.429. The van der Waals surface area contributed by atoms with E-state index in [1.807, 2.05) is 23.9 Å². The molecule has 1 atom stereocenters. The van der Waals surface area contributed by atoms with E-state index in [1.54, 1.807) is 6.20 Å². The maximum Gasteiger partial charge on any atom is 0.254 e. The van der Waals surface area contributed by atoms with Gasteiger partial charge in [0, 0.05) is 30.6 Å². The molecule has 2 aromatic heterocycles. The van der Waals surface area contributed by atoms with E-state index in [4.69, 9.17) is 9.26 Å². The molecule has 150 valence electrons. The van der Waals surface area contributed by atoms with Crippen LogP contribution in [-0.2, 0) is 24.1 Å². The van der Waals surface area contributed by atoms with Gasteiger partial charge in [-0.25, -0.2) is 0 Å². The van der Waals surface area contributed by atoms with Crippen LogP contribution in [0.25, 0.3) is 11.4 Å². The smallest absolute Gasteiger partial charge is 0.254 e. The Hall–Kier alpha value is -3.00. The average molecular weight is 393 g/mol. The Morgan fingerprint density at radius 2 is 2.24 bits per heavy atom. The van der Waals surface area contributed by atoms with Crippen LogP contribution in [0.5, 0.6) is 0 Å². The number of hydrogen-bond donors (Lipinski definition) is 1. The zero-order chi connectivity index (χ0) is 19.8. The third-order valence-corrected chi connectivity index (χ3v) is 5.60. The van der Waals surface area contributed by atoms with Gasteiger partial charge in [-0.15, -0.1) is 0 Å². The molecule has 2 aliphatic rings. The van der Waals surface area contributed by atoms with E-state index in [2.05, 4.69) is 32.7 Å². The predicted octanol–water partition coefficient (Wildman–Crippen LogP) is 2.56. The van der Waals surface area contributed by atoms with E-state index >= 15 is 0 Å². The number of carbonyl (C=O) groups excluding carboxylic acids is 1. The fourth-order valence-corrected chi connectivity index (χ4v) is 3.90. The quantitative estimate of drug-likeness (QED) is 0.692. The van der Waals surface area contributed by atoms with Crippen molar-refractivity contribution in [2.45, 2.75) is 38.8 Å². The maximum atomic E-state index is 12.7. The SMILES string of the molecule is CCc1nc(-c2ccc3c(c2)CCC3NC(=O)c2cnn(CC3COC3)c2)no1. The van der Waals surface area contributed by atoms with Gasteiger partial charge >= 0.3 is 0 Å². The summed E-state index contributed by atoms with van der Waals surface area (Å²) in [5.41, 5.74) is 3.91. The van der Waals surface area contributed by atoms with Crippen LogP contribution in [-0.4, -0.2) is 39.0 Å². The van der Waals surface area contributed by atoms with E-state index in [1.165, 1.54) is 5.56 Å². The van der Waals surface area contributed by atoms with Crippen molar-refractivity contribution in [2.24, 2.45) is 5.92 Å². The lowest BCUT2D eigenvalue weighted by molar-refractivity contribution is -0.0408. The normalized spacial score (nSPS) is 18.4. The maximum absolute atomic E-state index is 12.7. The van der Waals surface area contributed by atoms with Crippen LogP contribution in [0.2, 0.25) is 0 Å². The molecular weight excluding hydrogens is 370 g/mol. The van der Waals surface area contributed by atoms with Gasteiger partial charge in [-0.05, 0) is 30.0 Å². The summed E-state index contributed by atoms with van der Waals surface area (Å²) in [6.07, 6.45) is 5.96. The van der Waals surface area contributed by atoms with Crippen LogP contribution in [0.3, 0.4) is 0 Å². The highest BCUT2D eigenvalue weighted by Crippen LogP contribution is 2.34. The van der Waals surface area contributed by atoms with E-state index in [0.717, 1.165) is 50.1 Å². The number of nitrogens with one attached hydrogen (secondary N) is 1. The highest BCUT2D eigenvalue weighted by Gasteiger charge is 2.26. The van der Waals surface area contributed by atoms with Gasteiger partial charge in [-0.3, -0.25) is 9.48 Å². The molecule has 3 heterocycles. The Balaban J connectivity index is 1.27. The Bertz CT molecular complexity index is 1040. The second kappa shape index (κ2) is 7.44. The van der Waals surface area contributed by atoms with Crippen LogP contribution in [0.15, 0.2) is 35.1 Å². The van der Waals surface area contributed by atoms with Gasteiger partial charge in [-0.2, -0.15) is 10.1 Å². The molecule has 1 unspecified atom stereocenters. The molecule has 8 nitrogen and oxygen atoms in total. The molecular formula is C21H23N5O3. The van der Waals surface area contributed by atoms with E-state index in [9.17, 15) is 4.79 Å². The van der Waals surface area contributed by atoms with Crippen molar-refractivity contribution >= 4 is 5.91 Å². The van der Waals surface area contributed by atoms with Gasteiger partial charge < -0.3 is 14.6 Å². The van der Waals surface area contributed by atoms with Crippen molar-refractivity contribution in [2.75, 3.05) is 13.2 Å². The summed E-state index contributed by atoms with van der Waals surface area (Å²) in [6.45, 7) is 4.31. The van der Waals surface area contributed by atoms with Crippen molar-refractivity contribution in [3.8, 4) is 11.4 Å². The van der Waals surface area contributed by atoms with Gasteiger partial charge in [0.15, 0.2) is 0 Å². The molecule has 1 aliphatic heterocycles. The first-order valence-corrected chi connectivity index (χ1v) is 10.1. The average Bonchev–Trinajstić information content (AvgIpc) is 3.44. The van der Waals surface area contributed by atoms with Crippen LogP contribution in [0.1, 0.15) is 46.8 Å². The summed E-state index contributed by atoms with van der Waals surface area (Å²) < 4.78 is 12.2. The van der Waals surface area contributed by atoms with Crippen molar-refractivity contribution in [3.63, 3.8) is 0 Å². The van der Waals surface area contributed by atoms with Gasteiger partial charge in [0.2, 0.25) is 11.7 Å². The van der Waals surface area contributed by atoms with Crippen molar-refractivity contribution in [1.29, 1.82) is 0 Å². The topological polar surface area (TPSA) is 95.1 Å². The number of carbonyl (C=O) groups is 1. The summed E-state index contributed by atoms with van der Waals surface area (Å²) in [5, 5.41) is 11.5. The van der Waals surface area contributed by atoms with Gasteiger partial charge in [0.1, 0.15) is 0 Å². The highest BCUT2D eigenvalue weighted by molar-refractivity contribution is 5.94. The molecule has 1 saturated heterocycles. The standard InChI is InChI=1S/C21H23N5O3/c1-2-19-24-20(25-29-19)15-3-5-17-14(7-15)4-6-18(17)23-21(27)16-8-22-26(10-16)9-13-11-28-12-13/h3,5,7-8,10,13,18H,2,4,6,9,11-12H2,1H3,(H,23,27). The van der Waals surface area contributed by atoms with Crippen LogP contribution in [0.4, 0.5) is 0 Å². The molecule has 0 saturated carbocycles. The Morgan fingerprint density at radius 3 is 3.00 bits per heavy atom. The van der Waals surface area contributed by atoms with Crippen molar-refractivity contribution in [1.82, 2.24) is 25.2 Å². The fourth-order valence-electron chi connectivity index (χ4n) is 3.90. The van der Waals surface area contributed by atoms with Crippen LogP contribution < -0.4 is 5.32 Å². The number of hydrogen-bond acceptors (Lipinski definition) is 6. The lowest BCUT2D eigenvalue weighted by Crippen LogP contribution is -2.31. The van der Waals surface area contributed by atoms with Crippen LogP contribution in [0, 0.1) is 5.92 Å². The number of benzene rings is 1. The molecule has 1 N–H and O–H groups in total. The second-order valence-electron chi connectivity index (χ2n) is 7.70. The van der Waals surface area contributed by atoms with E-state index < -0.39 is 0 Å². The van der Waals surface area contributed by atoms with Crippen molar-refractivity contribution in [3.05, 3.63) is 53.2 Å².